The quantitative estimate of drug-likeness (QED) is 0.907. The summed E-state index contributed by atoms with van der Waals surface area (Å²) < 4.78 is 33.8. The van der Waals surface area contributed by atoms with Gasteiger partial charge in [0.05, 0.1) is 31.9 Å². The molecular weight excluding hydrogens is 342 g/mol. The summed E-state index contributed by atoms with van der Waals surface area (Å²) in [6.45, 7) is 1.37. The lowest BCUT2D eigenvalue weighted by Crippen LogP contribution is -2.46. The Morgan fingerprint density at radius 2 is 2.15 bits per heavy atom. The molecule has 1 atom stereocenters. The molecule has 2 heterocycles. The average molecular weight is 364 g/mol. The number of nitrogens with one attached hydrogen (secondary N) is 1. The lowest BCUT2D eigenvalue weighted by atomic mass is 10.2. The largest absolute Gasteiger partial charge is 0.373 e. The summed E-state index contributed by atoms with van der Waals surface area (Å²) in [6, 6.07) is 9.02. The van der Waals surface area contributed by atoms with Crippen molar-refractivity contribution in [2.45, 2.75) is 25.4 Å². The van der Waals surface area contributed by atoms with Crippen LogP contribution in [0.15, 0.2) is 42.7 Å². The minimum absolute atomic E-state index is 0.104. The number of ether oxygens (including phenoxy) is 1. The fourth-order valence-electron chi connectivity index (χ4n) is 2.79. The van der Waals surface area contributed by atoms with Crippen molar-refractivity contribution in [2.24, 2.45) is 0 Å². The van der Waals surface area contributed by atoms with Crippen LogP contribution in [0.25, 0.3) is 0 Å². The molecule has 0 radical (unpaired) electrons. The van der Waals surface area contributed by atoms with Gasteiger partial charge in [-0.1, -0.05) is 30.3 Å². The van der Waals surface area contributed by atoms with Gasteiger partial charge in [-0.05, 0) is 12.5 Å². The molecule has 2 amide bonds. The molecule has 1 unspecified atom stereocenters. The summed E-state index contributed by atoms with van der Waals surface area (Å²) in [5.41, 5.74) is 1.93. The number of halogens is 2. The van der Waals surface area contributed by atoms with Crippen molar-refractivity contribution in [2.75, 3.05) is 26.3 Å². The van der Waals surface area contributed by atoms with Gasteiger partial charge < -0.3 is 15.0 Å². The topological polar surface area (TPSA) is 59.4 Å². The van der Waals surface area contributed by atoms with Crippen molar-refractivity contribution in [3.05, 3.63) is 53.9 Å². The van der Waals surface area contributed by atoms with Gasteiger partial charge in [-0.3, -0.25) is 4.68 Å². The highest BCUT2D eigenvalue weighted by Crippen LogP contribution is 2.19. The van der Waals surface area contributed by atoms with Crippen LogP contribution in [0.3, 0.4) is 0 Å². The van der Waals surface area contributed by atoms with Gasteiger partial charge in [0.15, 0.2) is 0 Å². The van der Waals surface area contributed by atoms with E-state index >= 15 is 0 Å². The number of rotatable bonds is 4. The zero-order valence-electron chi connectivity index (χ0n) is 14.6. The predicted molar refractivity (Wildman–Crippen MR) is 92.1 cm³/mol. The Labute approximate surface area is 150 Å². The van der Waals surface area contributed by atoms with Crippen LogP contribution in [0.2, 0.25) is 0 Å². The molecule has 1 aliphatic heterocycles. The standard InChI is InChI=1S/C18H22F2N4O2/c1-14(22-17(25)23-7-8-26-13-18(19,20)12-23)16-9-21-24(11-16)10-15-5-3-2-4-6-15/h2-6,9,11,14H,7-8,10,12-13H2,1H3,(H,22,25). The SMILES string of the molecule is CC(NC(=O)N1CCOCC(F)(F)C1)c1cnn(Cc2ccccc2)c1. The molecule has 0 aliphatic carbocycles. The first-order chi connectivity index (χ1) is 12.4. The molecule has 0 bridgehead atoms. The first kappa shape index (κ1) is 18.3. The molecule has 1 aliphatic rings. The summed E-state index contributed by atoms with van der Waals surface area (Å²) in [7, 11) is 0. The first-order valence-corrected chi connectivity index (χ1v) is 8.50. The molecule has 3 rings (SSSR count). The zero-order chi connectivity index (χ0) is 18.6. The van der Waals surface area contributed by atoms with E-state index in [-0.39, 0.29) is 19.2 Å². The molecule has 6 nitrogen and oxygen atoms in total. The van der Waals surface area contributed by atoms with Crippen LogP contribution in [-0.2, 0) is 11.3 Å². The summed E-state index contributed by atoms with van der Waals surface area (Å²) in [4.78, 5) is 13.4. The Bertz CT molecular complexity index is 736. The predicted octanol–water partition coefficient (Wildman–Crippen LogP) is 2.67. The molecule has 26 heavy (non-hydrogen) atoms. The van der Waals surface area contributed by atoms with Gasteiger partial charge in [-0.2, -0.15) is 5.10 Å². The van der Waals surface area contributed by atoms with Crippen LogP contribution in [0, 0.1) is 0 Å². The average Bonchev–Trinajstić information content (AvgIpc) is 2.98. The van der Waals surface area contributed by atoms with Crippen LogP contribution in [0.5, 0.6) is 0 Å². The Morgan fingerprint density at radius 1 is 1.38 bits per heavy atom. The third-order valence-corrected chi connectivity index (χ3v) is 4.21. The molecule has 1 N–H and O–H groups in total. The number of aromatic nitrogens is 2. The number of amides is 2. The van der Waals surface area contributed by atoms with Crippen molar-refractivity contribution in [1.82, 2.24) is 20.0 Å². The number of hydrogen-bond acceptors (Lipinski definition) is 3. The van der Waals surface area contributed by atoms with Crippen molar-refractivity contribution in [1.29, 1.82) is 0 Å². The summed E-state index contributed by atoms with van der Waals surface area (Å²) in [6.07, 6.45) is 3.52. The van der Waals surface area contributed by atoms with E-state index in [0.29, 0.717) is 6.54 Å². The highest BCUT2D eigenvalue weighted by atomic mass is 19.3. The van der Waals surface area contributed by atoms with Crippen molar-refractivity contribution >= 4 is 6.03 Å². The molecule has 0 spiro atoms. The second-order valence-electron chi connectivity index (χ2n) is 6.46. The molecule has 8 heteroatoms. The van der Waals surface area contributed by atoms with Crippen molar-refractivity contribution in [3.63, 3.8) is 0 Å². The van der Waals surface area contributed by atoms with Gasteiger partial charge >= 0.3 is 6.03 Å². The lowest BCUT2D eigenvalue weighted by molar-refractivity contribution is -0.0652. The van der Waals surface area contributed by atoms with E-state index in [0.717, 1.165) is 16.0 Å². The second kappa shape index (κ2) is 7.82. The fraction of sp³-hybridized carbons (Fsp3) is 0.444. The summed E-state index contributed by atoms with van der Waals surface area (Å²) in [5.74, 6) is -3.03. The molecule has 1 aromatic carbocycles. The highest BCUT2D eigenvalue weighted by molar-refractivity contribution is 5.74. The van der Waals surface area contributed by atoms with E-state index < -0.39 is 25.1 Å². The molecule has 2 aromatic rings. The number of urea groups is 1. The minimum Gasteiger partial charge on any atom is -0.373 e. The van der Waals surface area contributed by atoms with Gasteiger partial charge in [-0.15, -0.1) is 0 Å². The monoisotopic (exact) mass is 364 g/mol. The maximum Gasteiger partial charge on any atom is 0.318 e. The molecule has 1 aromatic heterocycles. The molecule has 0 saturated carbocycles. The number of hydrogen-bond donors (Lipinski definition) is 1. The Balaban J connectivity index is 1.59. The Kier molecular flexibility index (Phi) is 5.51. The molecular formula is C18H22F2N4O2. The van der Waals surface area contributed by atoms with E-state index in [9.17, 15) is 13.6 Å². The zero-order valence-corrected chi connectivity index (χ0v) is 14.6. The third kappa shape index (κ3) is 4.78. The van der Waals surface area contributed by atoms with E-state index in [2.05, 4.69) is 10.4 Å². The van der Waals surface area contributed by atoms with Crippen LogP contribution >= 0.6 is 0 Å². The van der Waals surface area contributed by atoms with Crippen LogP contribution < -0.4 is 5.32 Å². The molecule has 1 fully saturated rings. The maximum absolute atomic E-state index is 13.6. The summed E-state index contributed by atoms with van der Waals surface area (Å²) >= 11 is 0. The number of alkyl halides is 2. The van der Waals surface area contributed by atoms with Gasteiger partial charge in [0.25, 0.3) is 5.92 Å². The van der Waals surface area contributed by atoms with Crippen LogP contribution in [0.1, 0.15) is 24.1 Å². The number of carbonyl (C=O) groups excluding carboxylic acids is 1. The van der Waals surface area contributed by atoms with E-state index in [1.807, 2.05) is 36.5 Å². The normalized spacial score (nSPS) is 18.2. The van der Waals surface area contributed by atoms with E-state index in [1.165, 1.54) is 0 Å². The summed E-state index contributed by atoms with van der Waals surface area (Å²) in [5, 5.41) is 7.06. The van der Waals surface area contributed by atoms with Crippen LogP contribution in [-0.4, -0.2) is 52.9 Å². The second-order valence-corrected chi connectivity index (χ2v) is 6.46. The first-order valence-electron chi connectivity index (χ1n) is 8.50. The Hall–Kier alpha value is -2.48. The molecule has 140 valence electrons. The van der Waals surface area contributed by atoms with E-state index in [4.69, 9.17) is 4.74 Å². The number of benzene rings is 1. The third-order valence-electron chi connectivity index (χ3n) is 4.21. The Morgan fingerprint density at radius 3 is 2.92 bits per heavy atom. The maximum atomic E-state index is 13.6. The van der Waals surface area contributed by atoms with Gasteiger partial charge in [0.1, 0.15) is 6.61 Å². The van der Waals surface area contributed by atoms with Crippen LogP contribution in [0.4, 0.5) is 13.6 Å². The fourth-order valence-corrected chi connectivity index (χ4v) is 2.79. The van der Waals surface area contributed by atoms with E-state index in [1.54, 1.807) is 17.8 Å². The van der Waals surface area contributed by atoms with Crippen molar-refractivity contribution < 1.29 is 18.3 Å². The molecule has 1 saturated heterocycles. The van der Waals surface area contributed by atoms with Gasteiger partial charge in [-0.25, -0.2) is 13.6 Å². The van der Waals surface area contributed by atoms with Gasteiger partial charge in [0.2, 0.25) is 0 Å². The minimum atomic E-state index is -3.03. The van der Waals surface area contributed by atoms with Gasteiger partial charge in [0, 0.05) is 18.3 Å². The van der Waals surface area contributed by atoms with Crippen molar-refractivity contribution in [3.8, 4) is 0 Å². The highest BCUT2D eigenvalue weighted by Gasteiger charge is 2.36. The lowest BCUT2D eigenvalue weighted by Gasteiger charge is -2.25. The number of nitrogens with zero attached hydrogens (tertiary/aromatic N) is 3. The number of carbonyl (C=O) groups is 1. The smallest absolute Gasteiger partial charge is 0.318 e.